The highest BCUT2D eigenvalue weighted by Gasteiger charge is 2.51. The lowest BCUT2D eigenvalue weighted by molar-refractivity contribution is -0.137. The SMILES string of the molecule is CC[C@H](NC(=O)[C@H](C)NC)C(=O)N1CC[C@@H]2[C@H]1[C@@H](c1c[nH]c3cc(F)ccc13)CN2Cc1ccccc1. The van der Waals surface area contributed by atoms with Gasteiger partial charge in [-0.15, -0.1) is 0 Å². The van der Waals surface area contributed by atoms with Gasteiger partial charge in [0, 0.05) is 48.7 Å². The van der Waals surface area contributed by atoms with Gasteiger partial charge in [-0.05, 0) is 56.1 Å². The van der Waals surface area contributed by atoms with Gasteiger partial charge in [0.25, 0.3) is 0 Å². The molecule has 5 atom stereocenters. The summed E-state index contributed by atoms with van der Waals surface area (Å²) in [7, 11) is 1.73. The van der Waals surface area contributed by atoms with Crippen molar-refractivity contribution in [1.82, 2.24) is 25.4 Å². The number of fused-ring (bicyclic) bond motifs is 2. The van der Waals surface area contributed by atoms with E-state index in [2.05, 4.69) is 44.8 Å². The van der Waals surface area contributed by atoms with Gasteiger partial charge in [-0.25, -0.2) is 4.39 Å². The molecule has 3 heterocycles. The van der Waals surface area contributed by atoms with Crippen LogP contribution in [0.2, 0.25) is 0 Å². The van der Waals surface area contributed by atoms with Crippen LogP contribution in [-0.4, -0.2) is 70.9 Å². The molecular weight excluding hydrogens is 469 g/mol. The van der Waals surface area contributed by atoms with Gasteiger partial charge >= 0.3 is 0 Å². The predicted octanol–water partition coefficient (Wildman–Crippen LogP) is 3.38. The highest BCUT2D eigenvalue weighted by atomic mass is 19.1. The number of rotatable bonds is 8. The van der Waals surface area contributed by atoms with E-state index >= 15 is 0 Å². The van der Waals surface area contributed by atoms with Gasteiger partial charge in [-0.2, -0.15) is 0 Å². The molecule has 0 spiro atoms. The number of likely N-dealkylation sites (tertiary alicyclic amines) is 2. The molecule has 2 aromatic carbocycles. The molecule has 2 saturated heterocycles. The van der Waals surface area contributed by atoms with Crippen LogP contribution in [0.25, 0.3) is 10.9 Å². The van der Waals surface area contributed by atoms with E-state index in [0.717, 1.165) is 36.0 Å². The first-order chi connectivity index (χ1) is 17.9. The third-order valence-electron chi connectivity index (χ3n) is 8.17. The Kier molecular flexibility index (Phi) is 7.31. The Morgan fingerprint density at radius 1 is 1.19 bits per heavy atom. The number of carbonyl (C=O) groups is 2. The summed E-state index contributed by atoms with van der Waals surface area (Å²) in [5, 5.41) is 6.89. The molecule has 2 aliphatic rings. The maximum atomic E-state index is 13.9. The van der Waals surface area contributed by atoms with Gasteiger partial charge in [0.15, 0.2) is 0 Å². The largest absolute Gasteiger partial charge is 0.361 e. The fourth-order valence-corrected chi connectivity index (χ4v) is 6.11. The van der Waals surface area contributed by atoms with Crippen molar-refractivity contribution < 1.29 is 14.0 Å². The van der Waals surface area contributed by atoms with E-state index in [0.29, 0.717) is 13.0 Å². The Bertz CT molecular complexity index is 1260. The zero-order chi connectivity index (χ0) is 26.1. The zero-order valence-corrected chi connectivity index (χ0v) is 21.7. The average Bonchev–Trinajstić information content (AvgIpc) is 3.61. The molecule has 2 aliphatic heterocycles. The molecule has 2 fully saturated rings. The zero-order valence-electron chi connectivity index (χ0n) is 21.7. The van der Waals surface area contributed by atoms with Crippen LogP contribution in [-0.2, 0) is 16.1 Å². The topological polar surface area (TPSA) is 80.5 Å². The van der Waals surface area contributed by atoms with Crippen molar-refractivity contribution in [3.63, 3.8) is 0 Å². The number of H-pyrrole nitrogens is 1. The number of halogens is 1. The maximum absolute atomic E-state index is 13.9. The van der Waals surface area contributed by atoms with E-state index < -0.39 is 6.04 Å². The van der Waals surface area contributed by atoms with Crippen molar-refractivity contribution in [1.29, 1.82) is 0 Å². The number of nitrogens with one attached hydrogen (secondary N) is 3. The van der Waals surface area contributed by atoms with Crippen molar-refractivity contribution in [3.05, 3.63) is 71.7 Å². The molecule has 5 rings (SSSR count). The molecule has 1 aromatic heterocycles. The molecule has 0 aliphatic carbocycles. The Labute approximate surface area is 217 Å². The highest BCUT2D eigenvalue weighted by Crippen LogP contribution is 2.43. The number of aromatic nitrogens is 1. The quantitative estimate of drug-likeness (QED) is 0.439. The van der Waals surface area contributed by atoms with Crippen LogP contribution in [0.5, 0.6) is 0 Å². The number of carbonyl (C=O) groups excluding carboxylic acids is 2. The number of likely N-dealkylation sites (N-methyl/N-ethyl adjacent to an activating group) is 1. The van der Waals surface area contributed by atoms with Crippen molar-refractivity contribution in [2.24, 2.45) is 0 Å². The van der Waals surface area contributed by atoms with Gasteiger partial charge in [-0.3, -0.25) is 14.5 Å². The third kappa shape index (κ3) is 4.88. The summed E-state index contributed by atoms with van der Waals surface area (Å²) in [5.41, 5.74) is 3.12. The van der Waals surface area contributed by atoms with Crippen LogP contribution >= 0.6 is 0 Å². The Balaban J connectivity index is 1.46. The molecule has 37 heavy (non-hydrogen) atoms. The summed E-state index contributed by atoms with van der Waals surface area (Å²) < 4.78 is 13.9. The fraction of sp³-hybridized carbons (Fsp3) is 0.448. The van der Waals surface area contributed by atoms with Crippen LogP contribution in [0.3, 0.4) is 0 Å². The van der Waals surface area contributed by atoms with Crippen LogP contribution < -0.4 is 10.6 Å². The number of amides is 2. The first-order valence-corrected chi connectivity index (χ1v) is 13.2. The molecule has 0 saturated carbocycles. The minimum Gasteiger partial charge on any atom is -0.361 e. The second-order valence-electron chi connectivity index (χ2n) is 10.3. The van der Waals surface area contributed by atoms with Crippen LogP contribution in [0.15, 0.2) is 54.7 Å². The number of aromatic amines is 1. The molecular formula is C29H36FN5O2. The summed E-state index contributed by atoms with van der Waals surface area (Å²) in [5.74, 6) is -0.399. The maximum Gasteiger partial charge on any atom is 0.245 e. The summed E-state index contributed by atoms with van der Waals surface area (Å²) in [4.78, 5) is 34.2. The summed E-state index contributed by atoms with van der Waals surface area (Å²) in [6.07, 6.45) is 3.39. The Morgan fingerprint density at radius 2 is 1.97 bits per heavy atom. The summed E-state index contributed by atoms with van der Waals surface area (Å²) in [6, 6.07) is 14.5. The minimum atomic E-state index is -0.567. The second kappa shape index (κ2) is 10.6. The summed E-state index contributed by atoms with van der Waals surface area (Å²) in [6.45, 7) is 5.99. The third-order valence-corrected chi connectivity index (χ3v) is 8.17. The standard InChI is InChI=1S/C29H36FN5O2/c1-4-24(33-28(36)18(2)31-3)29(37)35-13-12-26-27(35)23(17-34(26)16-19-8-6-5-7-9-19)22-15-32-25-14-20(30)10-11-21(22)25/h5-11,14-15,18,23-24,26-27,31-32H,4,12-13,16-17H2,1-3H3,(H,33,36)/t18-,23+,24-,26+,27+/m0/s1. The van der Waals surface area contributed by atoms with Gasteiger partial charge in [-0.1, -0.05) is 37.3 Å². The van der Waals surface area contributed by atoms with Crippen LogP contribution in [0.1, 0.15) is 43.7 Å². The summed E-state index contributed by atoms with van der Waals surface area (Å²) >= 11 is 0. The Morgan fingerprint density at radius 3 is 2.70 bits per heavy atom. The van der Waals surface area contributed by atoms with Crippen LogP contribution in [0.4, 0.5) is 4.39 Å². The molecule has 8 heteroatoms. The van der Waals surface area contributed by atoms with Crippen LogP contribution in [0, 0.1) is 5.82 Å². The van der Waals surface area contributed by atoms with E-state index in [1.165, 1.54) is 17.7 Å². The normalized spacial score (nSPS) is 23.2. The fourth-order valence-electron chi connectivity index (χ4n) is 6.11. The lowest BCUT2D eigenvalue weighted by Crippen LogP contribution is -2.54. The molecule has 0 radical (unpaired) electrons. The van der Waals surface area contributed by atoms with E-state index in [9.17, 15) is 14.0 Å². The number of hydrogen-bond acceptors (Lipinski definition) is 4. The molecule has 3 aromatic rings. The molecule has 3 N–H and O–H groups in total. The number of benzene rings is 2. The number of nitrogens with zero attached hydrogens (tertiary/aromatic N) is 2. The minimum absolute atomic E-state index is 0.0204. The molecule has 2 amide bonds. The first-order valence-electron chi connectivity index (χ1n) is 13.2. The Hall–Kier alpha value is -3.23. The van der Waals surface area contributed by atoms with E-state index in [-0.39, 0.29) is 41.7 Å². The van der Waals surface area contributed by atoms with Gasteiger partial charge in [0.2, 0.25) is 11.8 Å². The number of hydrogen-bond donors (Lipinski definition) is 3. The van der Waals surface area contributed by atoms with Crippen molar-refractivity contribution in [2.75, 3.05) is 20.1 Å². The second-order valence-corrected chi connectivity index (χ2v) is 10.3. The van der Waals surface area contributed by atoms with Crippen molar-refractivity contribution in [2.45, 2.75) is 63.3 Å². The van der Waals surface area contributed by atoms with Crippen molar-refractivity contribution in [3.8, 4) is 0 Å². The first kappa shape index (κ1) is 25.4. The van der Waals surface area contributed by atoms with Gasteiger partial charge < -0.3 is 20.5 Å². The lowest BCUT2D eigenvalue weighted by atomic mass is 9.91. The molecule has 0 bridgehead atoms. The average molecular weight is 506 g/mol. The van der Waals surface area contributed by atoms with Gasteiger partial charge in [0.1, 0.15) is 11.9 Å². The lowest BCUT2D eigenvalue weighted by Gasteiger charge is -2.32. The smallest absolute Gasteiger partial charge is 0.245 e. The monoisotopic (exact) mass is 505 g/mol. The predicted molar refractivity (Wildman–Crippen MR) is 142 cm³/mol. The van der Waals surface area contributed by atoms with Crippen molar-refractivity contribution >= 4 is 22.7 Å². The van der Waals surface area contributed by atoms with E-state index in [1.54, 1.807) is 14.0 Å². The van der Waals surface area contributed by atoms with E-state index in [1.807, 2.05) is 30.2 Å². The van der Waals surface area contributed by atoms with E-state index in [4.69, 9.17) is 0 Å². The van der Waals surface area contributed by atoms with Gasteiger partial charge in [0.05, 0.1) is 12.1 Å². The molecule has 196 valence electrons. The molecule has 0 unspecified atom stereocenters. The highest BCUT2D eigenvalue weighted by molar-refractivity contribution is 5.90. The molecule has 7 nitrogen and oxygen atoms in total.